The van der Waals surface area contributed by atoms with Crippen LogP contribution >= 0.6 is 11.8 Å². The molecule has 1 aromatic rings. The van der Waals surface area contributed by atoms with Crippen LogP contribution < -0.4 is 10.2 Å². The van der Waals surface area contributed by atoms with Crippen LogP contribution in [0.3, 0.4) is 0 Å². The number of amides is 1. The zero-order chi connectivity index (χ0) is 13.0. The Hall–Kier alpha value is -1.16. The molecular weight excluding hydrogens is 244 g/mol. The Bertz CT molecular complexity index is 397. The predicted molar refractivity (Wildman–Crippen MR) is 79.4 cm³/mol. The van der Waals surface area contributed by atoms with Gasteiger partial charge in [-0.25, -0.2) is 0 Å². The molecule has 0 radical (unpaired) electrons. The maximum atomic E-state index is 12.1. The minimum Gasteiger partial charge on any atom is -0.378 e. The van der Waals surface area contributed by atoms with E-state index in [9.17, 15) is 4.79 Å². The summed E-state index contributed by atoms with van der Waals surface area (Å²) in [6.07, 6.45) is 2.01. The third kappa shape index (κ3) is 3.42. The third-order valence-corrected chi connectivity index (χ3v) is 4.29. The lowest BCUT2D eigenvalue weighted by atomic mass is 10.0. The Morgan fingerprint density at radius 2 is 1.83 bits per heavy atom. The Morgan fingerprint density at radius 3 is 2.39 bits per heavy atom. The molecular formula is C14H20N2OS. The van der Waals surface area contributed by atoms with Crippen molar-refractivity contribution >= 4 is 29.0 Å². The average molecular weight is 264 g/mol. The Morgan fingerprint density at radius 1 is 1.22 bits per heavy atom. The third-order valence-electron chi connectivity index (χ3n) is 3.24. The molecule has 1 aromatic carbocycles. The second-order valence-electron chi connectivity index (χ2n) is 4.82. The van der Waals surface area contributed by atoms with E-state index < -0.39 is 0 Å². The van der Waals surface area contributed by atoms with Crippen LogP contribution in [0, 0.1) is 5.92 Å². The number of carbonyl (C=O) groups excluding carboxylic acids is 1. The second-order valence-corrected chi connectivity index (χ2v) is 6.04. The molecule has 18 heavy (non-hydrogen) atoms. The van der Waals surface area contributed by atoms with Crippen molar-refractivity contribution in [2.24, 2.45) is 5.92 Å². The zero-order valence-electron chi connectivity index (χ0n) is 11.0. The molecule has 1 heterocycles. The summed E-state index contributed by atoms with van der Waals surface area (Å²) in [5, 5.41) is 3.01. The number of nitrogens with one attached hydrogen (secondary N) is 1. The summed E-state index contributed by atoms with van der Waals surface area (Å²) in [7, 11) is 4.01. The summed E-state index contributed by atoms with van der Waals surface area (Å²) in [6.45, 7) is 0. The number of rotatable bonds is 3. The van der Waals surface area contributed by atoms with Gasteiger partial charge < -0.3 is 10.2 Å². The normalized spacial score (nSPS) is 16.3. The van der Waals surface area contributed by atoms with E-state index in [2.05, 4.69) is 5.32 Å². The molecule has 1 aliphatic heterocycles. The molecule has 2 rings (SSSR count). The van der Waals surface area contributed by atoms with Crippen molar-refractivity contribution in [3.63, 3.8) is 0 Å². The van der Waals surface area contributed by atoms with Gasteiger partial charge >= 0.3 is 0 Å². The van der Waals surface area contributed by atoms with Gasteiger partial charge in [-0.3, -0.25) is 4.79 Å². The first-order chi connectivity index (χ1) is 8.66. The molecule has 1 fully saturated rings. The van der Waals surface area contributed by atoms with Gasteiger partial charge in [0, 0.05) is 31.4 Å². The van der Waals surface area contributed by atoms with E-state index in [1.807, 2.05) is 55.0 Å². The van der Waals surface area contributed by atoms with Crippen LogP contribution in [0.1, 0.15) is 12.8 Å². The molecule has 4 heteroatoms. The van der Waals surface area contributed by atoms with Gasteiger partial charge in [0.05, 0.1) is 0 Å². The number of thioether (sulfide) groups is 1. The van der Waals surface area contributed by atoms with Crippen molar-refractivity contribution in [2.75, 3.05) is 35.8 Å². The van der Waals surface area contributed by atoms with E-state index in [0.717, 1.165) is 35.7 Å². The predicted octanol–water partition coefficient (Wildman–Crippen LogP) is 2.83. The standard InChI is InChI=1S/C14H20N2OS/c1-16(2)13-5-3-12(4-6-13)15-14(17)11-7-9-18-10-8-11/h3-6,11H,7-10H2,1-2H3,(H,15,17). The fraction of sp³-hybridized carbons (Fsp3) is 0.500. The summed E-state index contributed by atoms with van der Waals surface area (Å²) in [5.74, 6) is 2.59. The molecule has 1 aliphatic rings. The minimum absolute atomic E-state index is 0.174. The summed E-state index contributed by atoms with van der Waals surface area (Å²) in [5.41, 5.74) is 2.03. The van der Waals surface area contributed by atoms with Crippen molar-refractivity contribution in [1.29, 1.82) is 0 Å². The van der Waals surface area contributed by atoms with Crippen LogP contribution in [0.4, 0.5) is 11.4 Å². The van der Waals surface area contributed by atoms with Gasteiger partial charge in [0.25, 0.3) is 0 Å². The van der Waals surface area contributed by atoms with Gasteiger partial charge in [-0.15, -0.1) is 0 Å². The Kier molecular flexibility index (Phi) is 4.53. The number of carbonyl (C=O) groups is 1. The SMILES string of the molecule is CN(C)c1ccc(NC(=O)C2CCSCC2)cc1. The molecule has 3 nitrogen and oxygen atoms in total. The molecule has 0 atom stereocenters. The number of hydrogen-bond donors (Lipinski definition) is 1. The molecule has 0 spiro atoms. The lowest BCUT2D eigenvalue weighted by Gasteiger charge is -2.20. The van der Waals surface area contributed by atoms with E-state index in [-0.39, 0.29) is 11.8 Å². The van der Waals surface area contributed by atoms with Gasteiger partial charge in [0.2, 0.25) is 5.91 Å². The van der Waals surface area contributed by atoms with Gasteiger partial charge in [0.1, 0.15) is 0 Å². The van der Waals surface area contributed by atoms with E-state index in [4.69, 9.17) is 0 Å². The number of hydrogen-bond acceptors (Lipinski definition) is 3. The molecule has 0 bridgehead atoms. The fourth-order valence-electron chi connectivity index (χ4n) is 2.05. The first kappa shape index (κ1) is 13.3. The Labute approximate surface area is 113 Å². The summed E-state index contributed by atoms with van der Waals surface area (Å²) in [6, 6.07) is 7.97. The molecule has 1 saturated heterocycles. The van der Waals surface area contributed by atoms with Crippen molar-refractivity contribution in [3.8, 4) is 0 Å². The summed E-state index contributed by atoms with van der Waals surface area (Å²) < 4.78 is 0. The highest BCUT2D eigenvalue weighted by Gasteiger charge is 2.21. The topological polar surface area (TPSA) is 32.3 Å². The average Bonchev–Trinajstić information content (AvgIpc) is 2.40. The largest absolute Gasteiger partial charge is 0.378 e. The lowest BCUT2D eigenvalue weighted by molar-refractivity contribution is -0.120. The lowest BCUT2D eigenvalue weighted by Crippen LogP contribution is -2.26. The van der Waals surface area contributed by atoms with Gasteiger partial charge in [0.15, 0.2) is 0 Å². The first-order valence-corrected chi connectivity index (χ1v) is 7.48. The maximum Gasteiger partial charge on any atom is 0.227 e. The van der Waals surface area contributed by atoms with Crippen LogP contribution in [0.5, 0.6) is 0 Å². The summed E-state index contributed by atoms with van der Waals surface area (Å²) >= 11 is 1.94. The number of nitrogens with zero attached hydrogens (tertiary/aromatic N) is 1. The maximum absolute atomic E-state index is 12.1. The van der Waals surface area contributed by atoms with Crippen LogP contribution in [0.15, 0.2) is 24.3 Å². The molecule has 1 amide bonds. The van der Waals surface area contributed by atoms with Crippen molar-refractivity contribution in [1.82, 2.24) is 0 Å². The van der Waals surface area contributed by atoms with Gasteiger partial charge in [-0.05, 0) is 48.6 Å². The quantitative estimate of drug-likeness (QED) is 0.911. The fourth-order valence-corrected chi connectivity index (χ4v) is 3.15. The van der Waals surface area contributed by atoms with Crippen molar-refractivity contribution in [2.45, 2.75) is 12.8 Å². The molecule has 0 unspecified atom stereocenters. The van der Waals surface area contributed by atoms with Crippen molar-refractivity contribution < 1.29 is 4.79 Å². The smallest absolute Gasteiger partial charge is 0.227 e. The molecule has 0 saturated carbocycles. The molecule has 1 N–H and O–H groups in total. The van der Waals surface area contributed by atoms with Crippen LogP contribution in [-0.2, 0) is 4.79 Å². The zero-order valence-corrected chi connectivity index (χ0v) is 11.8. The first-order valence-electron chi connectivity index (χ1n) is 6.33. The van der Waals surface area contributed by atoms with Gasteiger partial charge in [-0.2, -0.15) is 11.8 Å². The van der Waals surface area contributed by atoms with Crippen LogP contribution in [0.25, 0.3) is 0 Å². The molecule has 98 valence electrons. The monoisotopic (exact) mass is 264 g/mol. The van der Waals surface area contributed by atoms with Gasteiger partial charge in [-0.1, -0.05) is 0 Å². The number of benzene rings is 1. The molecule has 0 aliphatic carbocycles. The minimum atomic E-state index is 0.174. The van der Waals surface area contributed by atoms with Crippen molar-refractivity contribution in [3.05, 3.63) is 24.3 Å². The number of anilines is 2. The van der Waals surface area contributed by atoms with E-state index in [1.54, 1.807) is 0 Å². The van der Waals surface area contributed by atoms with Crippen LogP contribution in [-0.4, -0.2) is 31.5 Å². The highest BCUT2D eigenvalue weighted by Crippen LogP contribution is 2.24. The highest BCUT2D eigenvalue weighted by atomic mass is 32.2. The van der Waals surface area contributed by atoms with E-state index in [1.165, 1.54) is 0 Å². The Balaban J connectivity index is 1.94. The van der Waals surface area contributed by atoms with E-state index >= 15 is 0 Å². The highest BCUT2D eigenvalue weighted by molar-refractivity contribution is 7.99. The second kappa shape index (κ2) is 6.14. The summed E-state index contributed by atoms with van der Waals surface area (Å²) in [4.78, 5) is 14.1. The van der Waals surface area contributed by atoms with E-state index in [0.29, 0.717) is 0 Å². The molecule has 0 aromatic heterocycles. The van der Waals surface area contributed by atoms with Crippen LogP contribution in [0.2, 0.25) is 0 Å².